The Morgan fingerprint density at radius 1 is 0.889 bits per heavy atom. The van der Waals surface area contributed by atoms with Gasteiger partial charge in [-0.15, -0.1) is 0 Å². The second-order valence-corrected chi connectivity index (χ2v) is 3.93. The second kappa shape index (κ2) is 4.00. The molecule has 0 radical (unpaired) electrons. The minimum atomic E-state index is -0.149. The number of hydrogen-bond donors (Lipinski definition) is 0. The van der Waals surface area contributed by atoms with Gasteiger partial charge in [0.25, 0.3) is 11.5 Å². The maximum Gasteiger partial charge on any atom is 0.263 e. The Morgan fingerprint density at radius 2 is 1.67 bits per heavy atom. The predicted octanol–water partition coefficient (Wildman–Crippen LogP) is 1.79. The zero-order chi connectivity index (χ0) is 12.5. The summed E-state index contributed by atoms with van der Waals surface area (Å²) < 4.78 is 2.91. The van der Waals surface area contributed by atoms with Crippen molar-refractivity contribution in [2.45, 2.75) is 0 Å². The van der Waals surface area contributed by atoms with Crippen LogP contribution in [0, 0.1) is 0 Å². The normalized spacial score (nSPS) is 10.7. The highest BCUT2D eigenvalue weighted by atomic mass is 16.2. The molecule has 1 aromatic carbocycles. The van der Waals surface area contributed by atoms with Crippen molar-refractivity contribution in [2.75, 3.05) is 0 Å². The average molecular weight is 238 g/mol. The van der Waals surface area contributed by atoms with Crippen LogP contribution in [0.25, 0.3) is 5.65 Å². The summed E-state index contributed by atoms with van der Waals surface area (Å²) >= 11 is 0. The van der Waals surface area contributed by atoms with E-state index < -0.39 is 0 Å². The highest BCUT2D eigenvalue weighted by molar-refractivity contribution is 5.98. The average Bonchev–Trinajstić information content (AvgIpc) is 2.84. The number of hydrogen-bond acceptors (Lipinski definition) is 2. The van der Waals surface area contributed by atoms with Gasteiger partial charge in [-0.1, -0.05) is 24.3 Å². The minimum Gasteiger partial charge on any atom is -0.269 e. The third-order valence-electron chi connectivity index (χ3n) is 2.82. The molecule has 18 heavy (non-hydrogen) atoms. The minimum absolute atomic E-state index is 0.146. The van der Waals surface area contributed by atoms with Gasteiger partial charge in [-0.2, -0.15) is 0 Å². The monoisotopic (exact) mass is 238 g/mol. The van der Waals surface area contributed by atoms with Crippen LogP contribution in [0.1, 0.15) is 10.4 Å². The molecule has 88 valence electrons. The molecule has 0 spiro atoms. The fraction of sp³-hybridized carbons (Fsp3) is 0. The van der Waals surface area contributed by atoms with Gasteiger partial charge in [0.05, 0.1) is 0 Å². The van der Waals surface area contributed by atoms with Crippen molar-refractivity contribution >= 4 is 11.6 Å². The van der Waals surface area contributed by atoms with Gasteiger partial charge >= 0.3 is 0 Å². The van der Waals surface area contributed by atoms with Crippen molar-refractivity contribution in [3.63, 3.8) is 0 Å². The van der Waals surface area contributed by atoms with Gasteiger partial charge in [0.15, 0.2) is 0 Å². The molecule has 0 bridgehead atoms. The van der Waals surface area contributed by atoms with Gasteiger partial charge in [0.2, 0.25) is 0 Å². The molecule has 4 nitrogen and oxygen atoms in total. The third kappa shape index (κ3) is 1.55. The van der Waals surface area contributed by atoms with Gasteiger partial charge in [-0.05, 0) is 18.2 Å². The molecule has 0 unspecified atom stereocenters. The molecule has 0 amide bonds. The Labute approximate surface area is 103 Å². The lowest BCUT2D eigenvalue weighted by atomic mass is 10.2. The fourth-order valence-corrected chi connectivity index (χ4v) is 1.94. The van der Waals surface area contributed by atoms with Crippen LogP contribution in [0.3, 0.4) is 0 Å². The number of rotatable bonds is 1. The zero-order valence-corrected chi connectivity index (χ0v) is 9.48. The number of aromatic nitrogens is 2. The molecule has 0 aliphatic heterocycles. The molecule has 0 N–H and O–H groups in total. The molecule has 0 saturated heterocycles. The maximum atomic E-state index is 12.3. The molecule has 3 rings (SSSR count). The molecule has 0 aliphatic carbocycles. The van der Waals surface area contributed by atoms with E-state index in [2.05, 4.69) is 0 Å². The van der Waals surface area contributed by atoms with E-state index in [1.54, 1.807) is 36.7 Å². The smallest absolute Gasteiger partial charge is 0.263 e. The molecular weight excluding hydrogens is 228 g/mol. The summed E-state index contributed by atoms with van der Waals surface area (Å²) in [5, 5.41) is 0. The number of nitrogens with zero attached hydrogens (tertiary/aromatic N) is 2. The summed E-state index contributed by atoms with van der Waals surface area (Å²) in [6.45, 7) is 0. The topological polar surface area (TPSA) is 43.5 Å². The fourth-order valence-electron chi connectivity index (χ4n) is 1.94. The van der Waals surface area contributed by atoms with Crippen LogP contribution in [0.15, 0.2) is 65.7 Å². The summed E-state index contributed by atoms with van der Waals surface area (Å²) in [4.78, 5) is 23.9. The van der Waals surface area contributed by atoms with E-state index in [0.717, 1.165) is 0 Å². The lowest BCUT2D eigenvalue weighted by Crippen LogP contribution is -2.14. The first-order valence-electron chi connectivity index (χ1n) is 5.56. The van der Waals surface area contributed by atoms with Crippen molar-refractivity contribution < 1.29 is 4.79 Å². The van der Waals surface area contributed by atoms with Crippen LogP contribution >= 0.6 is 0 Å². The van der Waals surface area contributed by atoms with Crippen molar-refractivity contribution in [3.8, 4) is 0 Å². The summed E-state index contributed by atoms with van der Waals surface area (Å²) in [7, 11) is 0. The molecule has 0 aliphatic rings. The lowest BCUT2D eigenvalue weighted by Gasteiger charge is -2.03. The highest BCUT2D eigenvalue weighted by Gasteiger charge is 2.11. The first kappa shape index (κ1) is 10.5. The van der Waals surface area contributed by atoms with Crippen LogP contribution in [-0.2, 0) is 0 Å². The number of fused-ring (bicyclic) bond motifs is 1. The van der Waals surface area contributed by atoms with E-state index in [1.165, 1.54) is 15.0 Å². The SMILES string of the molecule is O=C(c1ccccc1)n1ccn2c(=O)cccc12. The van der Waals surface area contributed by atoms with Crippen molar-refractivity contribution in [1.82, 2.24) is 8.97 Å². The quantitative estimate of drug-likeness (QED) is 0.648. The van der Waals surface area contributed by atoms with Crippen molar-refractivity contribution in [2.24, 2.45) is 0 Å². The Hall–Kier alpha value is -2.62. The zero-order valence-electron chi connectivity index (χ0n) is 9.48. The number of carbonyl (C=O) groups excluding carboxylic acids is 1. The van der Waals surface area contributed by atoms with E-state index in [4.69, 9.17) is 0 Å². The van der Waals surface area contributed by atoms with Crippen LogP contribution in [-0.4, -0.2) is 14.9 Å². The summed E-state index contributed by atoms with van der Waals surface area (Å²) in [5.74, 6) is -0.149. The van der Waals surface area contributed by atoms with Gasteiger partial charge in [0, 0.05) is 24.0 Å². The largest absolute Gasteiger partial charge is 0.269 e. The van der Waals surface area contributed by atoms with Gasteiger partial charge in [-0.3, -0.25) is 18.6 Å². The molecule has 0 saturated carbocycles. The predicted molar refractivity (Wildman–Crippen MR) is 67.8 cm³/mol. The Bertz CT molecular complexity index is 769. The number of carbonyl (C=O) groups is 1. The maximum absolute atomic E-state index is 12.3. The Morgan fingerprint density at radius 3 is 2.44 bits per heavy atom. The molecule has 2 aromatic heterocycles. The molecule has 3 aromatic rings. The second-order valence-electron chi connectivity index (χ2n) is 3.93. The molecule has 4 heteroatoms. The summed E-state index contributed by atoms with van der Waals surface area (Å²) in [6.07, 6.45) is 3.20. The van der Waals surface area contributed by atoms with Gasteiger partial charge in [-0.25, -0.2) is 0 Å². The summed E-state index contributed by atoms with van der Waals surface area (Å²) in [5.41, 5.74) is 1.01. The summed E-state index contributed by atoms with van der Waals surface area (Å²) in [6, 6.07) is 13.8. The van der Waals surface area contributed by atoms with E-state index in [-0.39, 0.29) is 11.5 Å². The van der Waals surface area contributed by atoms with E-state index in [1.807, 2.05) is 18.2 Å². The lowest BCUT2D eigenvalue weighted by molar-refractivity contribution is 0.0964. The Balaban J connectivity index is 2.19. The van der Waals surface area contributed by atoms with Crippen LogP contribution in [0.5, 0.6) is 0 Å². The van der Waals surface area contributed by atoms with E-state index in [0.29, 0.717) is 11.2 Å². The number of pyridine rings is 1. The molecular formula is C14H10N2O2. The van der Waals surface area contributed by atoms with Crippen LogP contribution in [0.2, 0.25) is 0 Å². The first-order valence-corrected chi connectivity index (χ1v) is 5.56. The highest BCUT2D eigenvalue weighted by Crippen LogP contribution is 2.07. The Kier molecular flexibility index (Phi) is 2.34. The van der Waals surface area contributed by atoms with Gasteiger partial charge in [0.1, 0.15) is 5.65 Å². The van der Waals surface area contributed by atoms with Crippen LogP contribution < -0.4 is 5.56 Å². The van der Waals surface area contributed by atoms with Crippen LogP contribution in [0.4, 0.5) is 0 Å². The van der Waals surface area contributed by atoms with Crippen molar-refractivity contribution in [3.05, 3.63) is 76.8 Å². The number of benzene rings is 1. The first-order chi connectivity index (χ1) is 8.77. The molecule has 2 heterocycles. The third-order valence-corrected chi connectivity index (χ3v) is 2.82. The standard InChI is InChI=1S/C14H10N2O2/c17-13-8-4-7-12-15(13)9-10-16(12)14(18)11-5-2-1-3-6-11/h1-10H. The number of imidazole rings is 1. The molecule has 0 fully saturated rings. The van der Waals surface area contributed by atoms with E-state index >= 15 is 0 Å². The van der Waals surface area contributed by atoms with Gasteiger partial charge < -0.3 is 0 Å². The van der Waals surface area contributed by atoms with Crippen molar-refractivity contribution in [1.29, 1.82) is 0 Å². The van der Waals surface area contributed by atoms with E-state index in [9.17, 15) is 9.59 Å². The molecule has 0 atom stereocenters.